The van der Waals surface area contributed by atoms with Crippen molar-refractivity contribution in [3.63, 3.8) is 0 Å². The quantitative estimate of drug-likeness (QED) is 0.461. The fourth-order valence-corrected chi connectivity index (χ4v) is 1.83. The summed E-state index contributed by atoms with van der Waals surface area (Å²) in [4.78, 5) is 33.7. The minimum Gasteiger partial charge on any atom is -0.486 e. The second kappa shape index (κ2) is 6.29. The SMILES string of the molecule is COC(=O)[C@H](C)OC(=O)c1cc2c(cc1[N+](=O)[O-])OCCO2. The number of nitro groups is 1. The summed E-state index contributed by atoms with van der Waals surface area (Å²) < 4.78 is 19.8. The lowest BCUT2D eigenvalue weighted by atomic mass is 10.1. The van der Waals surface area contributed by atoms with Crippen molar-refractivity contribution in [1.29, 1.82) is 0 Å². The molecule has 0 unspecified atom stereocenters. The normalized spacial score (nSPS) is 13.9. The van der Waals surface area contributed by atoms with Gasteiger partial charge in [-0.15, -0.1) is 0 Å². The number of carbonyl (C=O) groups is 2. The Labute approximate surface area is 124 Å². The molecular weight excluding hydrogens is 298 g/mol. The van der Waals surface area contributed by atoms with E-state index in [2.05, 4.69) is 4.74 Å². The number of nitro benzene ring substituents is 1. The largest absolute Gasteiger partial charge is 0.486 e. The van der Waals surface area contributed by atoms with Crippen molar-refractivity contribution in [2.75, 3.05) is 20.3 Å². The molecule has 0 spiro atoms. The Morgan fingerprint density at radius 3 is 2.41 bits per heavy atom. The number of hydrogen-bond donors (Lipinski definition) is 0. The van der Waals surface area contributed by atoms with Crippen LogP contribution in [0.2, 0.25) is 0 Å². The van der Waals surface area contributed by atoms with Gasteiger partial charge in [0.1, 0.15) is 18.8 Å². The third-order valence-corrected chi connectivity index (χ3v) is 2.89. The minimum absolute atomic E-state index is 0.176. The number of esters is 2. The summed E-state index contributed by atoms with van der Waals surface area (Å²) in [5, 5.41) is 11.1. The van der Waals surface area contributed by atoms with E-state index < -0.39 is 28.7 Å². The second-order valence-electron chi connectivity index (χ2n) is 4.34. The molecular formula is C13H13NO8. The van der Waals surface area contributed by atoms with Crippen LogP contribution in [0, 0.1) is 10.1 Å². The van der Waals surface area contributed by atoms with Crippen LogP contribution in [0.4, 0.5) is 5.69 Å². The van der Waals surface area contributed by atoms with Gasteiger partial charge in [-0.05, 0) is 6.92 Å². The van der Waals surface area contributed by atoms with Crippen molar-refractivity contribution in [1.82, 2.24) is 0 Å². The maximum atomic E-state index is 12.1. The van der Waals surface area contributed by atoms with Crippen LogP contribution in [0.25, 0.3) is 0 Å². The first kappa shape index (κ1) is 15.5. The van der Waals surface area contributed by atoms with E-state index in [4.69, 9.17) is 14.2 Å². The van der Waals surface area contributed by atoms with E-state index in [9.17, 15) is 19.7 Å². The average Bonchev–Trinajstić information content (AvgIpc) is 2.52. The molecule has 0 N–H and O–H groups in total. The van der Waals surface area contributed by atoms with E-state index in [1.54, 1.807) is 0 Å². The van der Waals surface area contributed by atoms with Gasteiger partial charge in [-0.25, -0.2) is 9.59 Å². The molecule has 22 heavy (non-hydrogen) atoms. The van der Waals surface area contributed by atoms with Gasteiger partial charge in [0.2, 0.25) is 0 Å². The number of methoxy groups -OCH3 is 1. The zero-order chi connectivity index (χ0) is 16.3. The number of fused-ring (bicyclic) bond motifs is 1. The molecule has 1 heterocycles. The standard InChI is InChI=1S/C13H13NO8/c1-7(12(15)19-2)22-13(16)8-5-10-11(21-4-3-20-10)6-9(8)14(17)18/h5-7H,3-4H2,1-2H3/t7-/m0/s1. The number of hydrogen-bond acceptors (Lipinski definition) is 8. The van der Waals surface area contributed by atoms with Crippen molar-refractivity contribution < 1.29 is 33.5 Å². The third kappa shape index (κ3) is 3.08. The Bertz CT molecular complexity index is 627. The van der Waals surface area contributed by atoms with Crippen LogP contribution in [-0.4, -0.2) is 43.3 Å². The smallest absolute Gasteiger partial charge is 0.346 e. The van der Waals surface area contributed by atoms with Crippen LogP contribution in [0.5, 0.6) is 11.5 Å². The zero-order valence-corrected chi connectivity index (χ0v) is 11.9. The molecule has 9 nitrogen and oxygen atoms in total. The highest BCUT2D eigenvalue weighted by Crippen LogP contribution is 2.36. The highest BCUT2D eigenvalue weighted by atomic mass is 16.6. The first-order valence-electron chi connectivity index (χ1n) is 6.31. The number of benzene rings is 1. The van der Waals surface area contributed by atoms with E-state index in [1.807, 2.05) is 0 Å². The summed E-state index contributed by atoms with van der Waals surface area (Å²) in [6.07, 6.45) is -1.19. The molecule has 0 saturated carbocycles. The first-order valence-corrected chi connectivity index (χ1v) is 6.31. The van der Waals surface area contributed by atoms with Gasteiger partial charge in [-0.2, -0.15) is 0 Å². The summed E-state index contributed by atoms with van der Waals surface area (Å²) in [5.41, 5.74) is -0.823. The molecule has 1 aliphatic heterocycles. The molecule has 118 valence electrons. The number of carbonyl (C=O) groups excluding carboxylic acids is 2. The van der Waals surface area contributed by atoms with Crippen LogP contribution >= 0.6 is 0 Å². The Balaban J connectivity index is 2.34. The van der Waals surface area contributed by atoms with Gasteiger partial charge in [-0.1, -0.05) is 0 Å². The molecule has 9 heteroatoms. The lowest BCUT2D eigenvalue weighted by Gasteiger charge is -2.19. The molecule has 2 rings (SSSR count). The minimum atomic E-state index is -1.19. The Hall–Kier alpha value is -2.84. The van der Waals surface area contributed by atoms with Gasteiger partial charge in [-0.3, -0.25) is 10.1 Å². The molecule has 1 aliphatic rings. The summed E-state index contributed by atoms with van der Waals surface area (Å²) >= 11 is 0. The van der Waals surface area contributed by atoms with Crippen molar-refractivity contribution in [2.45, 2.75) is 13.0 Å². The van der Waals surface area contributed by atoms with Gasteiger partial charge < -0.3 is 18.9 Å². The van der Waals surface area contributed by atoms with Crippen molar-refractivity contribution in [3.05, 3.63) is 27.8 Å². The molecule has 1 atom stereocenters. The van der Waals surface area contributed by atoms with Gasteiger partial charge in [0.25, 0.3) is 5.69 Å². The fourth-order valence-electron chi connectivity index (χ4n) is 1.83. The molecule has 0 saturated heterocycles. The first-order chi connectivity index (χ1) is 10.4. The summed E-state index contributed by atoms with van der Waals surface area (Å²) in [7, 11) is 1.14. The van der Waals surface area contributed by atoms with Gasteiger partial charge in [0, 0.05) is 6.07 Å². The van der Waals surface area contributed by atoms with E-state index in [-0.39, 0.29) is 30.3 Å². The van der Waals surface area contributed by atoms with Gasteiger partial charge >= 0.3 is 11.9 Å². The molecule has 0 amide bonds. The maximum Gasteiger partial charge on any atom is 0.346 e. The van der Waals surface area contributed by atoms with Crippen LogP contribution in [0.3, 0.4) is 0 Å². The van der Waals surface area contributed by atoms with Gasteiger partial charge in [0.05, 0.1) is 18.1 Å². The van der Waals surface area contributed by atoms with E-state index >= 15 is 0 Å². The van der Waals surface area contributed by atoms with E-state index in [1.165, 1.54) is 13.0 Å². The van der Waals surface area contributed by atoms with Crippen LogP contribution < -0.4 is 9.47 Å². The van der Waals surface area contributed by atoms with Crippen LogP contribution in [0.15, 0.2) is 12.1 Å². The van der Waals surface area contributed by atoms with Crippen LogP contribution in [-0.2, 0) is 14.3 Å². The third-order valence-electron chi connectivity index (χ3n) is 2.89. The molecule has 1 aromatic rings. The predicted octanol–water partition coefficient (Wildman–Crippen LogP) is 1.08. The Kier molecular flexibility index (Phi) is 4.44. The number of rotatable bonds is 4. The molecule has 0 aromatic heterocycles. The average molecular weight is 311 g/mol. The fraction of sp³-hybridized carbons (Fsp3) is 0.385. The lowest BCUT2D eigenvalue weighted by molar-refractivity contribution is -0.385. The lowest BCUT2D eigenvalue weighted by Crippen LogP contribution is -2.26. The highest BCUT2D eigenvalue weighted by Gasteiger charge is 2.29. The topological polar surface area (TPSA) is 114 Å². The van der Waals surface area contributed by atoms with Crippen molar-refractivity contribution in [2.24, 2.45) is 0 Å². The molecule has 0 radical (unpaired) electrons. The zero-order valence-electron chi connectivity index (χ0n) is 11.9. The van der Waals surface area contributed by atoms with Gasteiger partial charge in [0.15, 0.2) is 17.6 Å². The molecule has 1 aromatic carbocycles. The predicted molar refractivity (Wildman–Crippen MR) is 71.0 cm³/mol. The van der Waals surface area contributed by atoms with E-state index in [0.717, 1.165) is 13.2 Å². The van der Waals surface area contributed by atoms with Crippen molar-refractivity contribution in [3.8, 4) is 11.5 Å². The monoisotopic (exact) mass is 311 g/mol. The summed E-state index contributed by atoms with van der Waals surface area (Å²) in [5.74, 6) is -1.42. The van der Waals surface area contributed by atoms with Crippen molar-refractivity contribution >= 4 is 17.6 Å². The number of ether oxygens (including phenoxy) is 4. The van der Waals surface area contributed by atoms with Crippen LogP contribution in [0.1, 0.15) is 17.3 Å². The van der Waals surface area contributed by atoms with E-state index in [0.29, 0.717) is 0 Å². The maximum absolute atomic E-state index is 12.1. The molecule has 0 fully saturated rings. The second-order valence-corrected chi connectivity index (χ2v) is 4.34. The Morgan fingerprint density at radius 1 is 1.27 bits per heavy atom. The Morgan fingerprint density at radius 2 is 1.86 bits per heavy atom. The summed E-state index contributed by atoms with van der Waals surface area (Å²) in [6.45, 7) is 1.82. The highest BCUT2D eigenvalue weighted by molar-refractivity contribution is 5.96. The molecule has 0 bridgehead atoms. The number of nitrogens with zero attached hydrogens (tertiary/aromatic N) is 1. The summed E-state index contributed by atoms with van der Waals surface area (Å²) in [6, 6.07) is 2.26. The molecule has 0 aliphatic carbocycles.